The molecule has 0 radical (unpaired) electrons. The fourth-order valence-electron chi connectivity index (χ4n) is 2.32. The van der Waals surface area contributed by atoms with E-state index in [0.717, 1.165) is 22.3 Å². The van der Waals surface area contributed by atoms with Gasteiger partial charge in [-0.2, -0.15) is 0 Å². The van der Waals surface area contributed by atoms with Crippen molar-refractivity contribution < 1.29 is 4.39 Å². The van der Waals surface area contributed by atoms with Crippen LogP contribution in [0.3, 0.4) is 0 Å². The van der Waals surface area contributed by atoms with E-state index in [1.54, 1.807) is 6.07 Å². The second-order valence-electron chi connectivity index (χ2n) is 4.51. The van der Waals surface area contributed by atoms with Gasteiger partial charge in [-0.05, 0) is 55.2 Å². The second-order valence-corrected chi connectivity index (χ2v) is 4.51. The summed E-state index contributed by atoms with van der Waals surface area (Å²) in [4.78, 5) is 0. The van der Waals surface area contributed by atoms with E-state index in [2.05, 4.69) is 19.1 Å². The zero-order chi connectivity index (χ0) is 12.6. The first-order chi connectivity index (χ1) is 7.99. The van der Waals surface area contributed by atoms with Crippen LogP contribution < -0.4 is 5.73 Å². The summed E-state index contributed by atoms with van der Waals surface area (Å²) in [7, 11) is 0. The molecule has 2 rings (SSSR count). The van der Waals surface area contributed by atoms with Crippen LogP contribution in [0.1, 0.15) is 16.7 Å². The predicted octanol–water partition coefficient (Wildman–Crippen LogP) is 4.00. The number of halogens is 1. The molecule has 0 spiro atoms. The van der Waals surface area contributed by atoms with Gasteiger partial charge in [0, 0.05) is 0 Å². The molecule has 0 aromatic heterocycles. The van der Waals surface area contributed by atoms with E-state index in [4.69, 9.17) is 5.73 Å². The number of nitrogen functional groups attached to an aromatic ring is 1. The summed E-state index contributed by atoms with van der Waals surface area (Å²) in [5.74, 6) is -0.359. The molecule has 2 aromatic carbocycles. The van der Waals surface area contributed by atoms with E-state index in [1.807, 2.05) is 19.9 Å². The third-order valence-corrected chi connectivity index (χ3v) is 2.97. The highest BCUT2D eigenvalue weighted by Crippen LogP contribution is 2.29. The molecule has 0 atom stereocenters. The lowest BCUT2D eigenvalue weighted by atomic mass is 9.94. The van der Waals surface area contributed by atoms with Crippen LogP contribution in [0.15, 0.2) is 30.3 Å². The van der Waals surface area contributed by atoms with Gasteiger partial charge < -0.3 is 5.73 Å². The quantitative estimate of drug-likeness (QED) is 0.735. The minimum atomic E-state index is -0.359. The first kappa shape index (κ1) is 11.6. The lowest BCUT2D eigenvalue weighted by Crippen LogP contribution is -1.94. The van der Waals surface area contributed by atoms with Gasteiger partial charge >= 0.3 is 0 Å². The lowest BCUT2D eigenvalue weighted by molar-refractivity contribution is 0.633. The maximum absolute atomic E-state index is 13.5. The molecule has 0 aliphatic heterocycles. The van der Waals surface area contributed by atoms with Crippen molar-refractivity contribution in [3.8, 4) is 11.1 Å². The maximum Gasteiger partial charge on any atom is 0.146 e. The van der Waals surface area contributed by atoms with E-state index in [-0.39, 0.29) is 11.5 Å². The summed E-state index contributed by atoms with van der Waals surface area (Å²) in [6, 6.07) is 9.19. The number of benzene rings is 2. The van der Waals surface area contributed by atoms with Crippen LogP contribution in [0.2, 0.25) is 0 Å². The van der Waals surface area contributed by atoms with Crippen LogP contribution in [0.25, 0.3) is 11.1 Å². The van der Waals surface area contributed by atoms with Gasteiger partial charge in [0.1, 0.15) is 5.82 Å². The number of hydrogen-bond acceptors (Lipinski definition) is 1. The summed E-state index contributed by atoms with van der Waals surface area (Å²) >= 11 is 0. The van der Waals surface area contributed by atoms with Crippen molar-refractivity contribution >= 4 is 5.69 Å². The fourth-order valence-corrected chi connectivity index (χ4v) is 2.32. The molecule has 0 saturated heterocycles. The Labute approximate surface area is 101 Å². The van der Waals surface area contributed by atoms with Crippen LogP contribution in [-0.2, 0) is 0 Å². The van der Waals surface area contributed by atoms with Crippen molar-refractivity contribution in [3.05, 3.63) is 52.8 Å². The summed E-state index contributed by atoms with van der Waals surface area (Å²) in [5, 5.41) is 0. The van der Waals surface area contributed by atoms with Crippen molar-refractivity contribution in [1.82, 2.24) is 0 Å². The van der Waals surface area contributed by atoms with Gasteiger partial charge in [-0.15, -0.1) is 0 Å². The third-order valence-electron chi connectivity index (χ3n) is 2.97. The van der Waals surface area contributed by atoms with E-state index >= 15 is 0 Å². The minimum absolute atomic E-state index is 0.191. The minimum Gasteiger partial charge on any atom is -0.396 e. The van der Waals surface area contributed by atoms with Gasteiger partial charge in [-0.3, -0.25) is 0 Å². The Hall–Kier alpha value is -1.83. The smallest absolute Gasteiger partial charge is 0.146 e. The molecule has 0 saturated carbocycles. The summed E-state index contributed by atoms with van der Waals surface area (Å²) in [6.45, 7) is 6.15. The Morgan fingerprint density at radius 3 is 2.06 bits per heavy atom. The van der Waals surface area contributed by atoms with Crippen LogP contribution in [0.5, 0.6) is 0 Å². The maximum atomic E-state index is 13.5. The van der Waals surface area contributed by atoms with Gasteiger partial charge in [0.05, 0.1) is 5.69 Å². The van der Waals surface area contributed by atoms with Crippen LogP contribution in [0.4, 0.5) is 10.1 Å². The summed E-state index contributed by atoms with van der Waals surface area (Å²) in [6.07, 6.45) is 0. The van der Waals surface area contributed by atoms with Crippen LogP contribution in [0, 0.1) is 26.6 Å². The topological polar surface area (TPSA) is 26.0 Å². The SMILES string of the molecule is Cc1cc(C)c(-c2ccc(N)c(F)c2)c(C)c1. The molecular weight excluding hydrogens is 213 g/mol. The van der Waals surface area contributed by atoms with Gasteiger partial charge in [0.15, 0.2) is 0 Å². The Morgan fingerprint density at radius 1 is 0.941 bits per heavy atom. The van der Waals surface area contributed by atoms with Crippen molar-refractivity contribution in [2.24, 2.45) is 0 Å². The van der Waals surface area contributed by atoms with E-state index in [9.17, 15) is 4.39 Å². The average molecular weight is 229 g/mol. The molecule has 0 bridgehead atoms. The predicted molar refractivity (Wildman–Crippen MR) is 70.5 cm³/mol. The molecule has 2 heteroatoms. The highest BCUT2D eigenvalue weighted by Gasteiger charge is 2.08. The third kappa shape index (κ3) is 2.16. The Bertz CT molecular complexity index is 550. The fraction of sp³-hybridized carbons (Fsp3) is 0.200. The molecular formula is C15H16FN. The van der Waals surface area contributed by atoms with Gasteiger partial charge in [0.25, 0.3) is 0 Å². The molecule has 0 aliphatic carbocycles. The standard InChI is InChI=1S/C15H16FN/c1-9-6-10(2)15(11(3)7-9)12-4-5-14(17)13(16)8-12/h4-8H,17H2,1-3H3. The lowest BCUT2D eigenvalue weighted by Gasteiger charge is -2.12. The van der Waals surface area contributed by atoms with E-state index in [1.165, 1.54) is 11.6 Å². The van der Waals surface area contributed by atoms with Gasteiger partial charge in [-0.25, -0.2) is 4.39 Å². The van der Waals surface area contributed by atoms with Gasteiger partial charge in [0.2, 0.25) is 0 Å². The Kier molecular flexibility index (Phi) is 2.88. The zero-order valence-electron chi connectivity index (χ0n) is 10.3. The highest BCUT2D eigenvalue weighted by atomic mass is 19.1. The molecule has 88 valence electrons. The van der Waals surface area contributed by atoms with Crippen LogP contribution >= 0.6 is 0 Å². The van der Waals surface area contributed by atoms with Crippen molar-refractivity contribution in [2.45, 2.75) is 20.8 Å². The largest absolute Gasteiger partial charge is 0.396 e. The highest BCUT2D eigenvalue weighted by molar-refractivity contribution is 5.72. The van der Waals surface area contributed by atoms with Crippen LogP contribution in [-0.4, -0.2) is 0 Å². The number of aryl methyl sites for hydroxylation is 3. The Morgan fingerprint density at radius 2 is 1.53 bits per heavy atom. The Balaban J connectivity index is 2.64. The van der Waals surface area contributed by atoms with Gasteiger partial charge in [-0.1, -0.05) is 23.8 Å². The van der Waals surface area contributed by atoms with Crippen molar-refractivity contribution in [2.75, 3.05) is 5.73 Å². The number of rotatable bonds is 1. The van der Waals surface area contributed by atoms with E-state index < -0.39 is 0 Å². The zero-order valence-corrected chi connectivity index (χ0v) is 10.3. The summed E-state index contributed by atoms with van der Waals surface area (Å²) in [5.41, 5.74) is 11.2. The first-order valence-corrected chi connectivity index (χ1v) is 5.62. The second kappa shape index (κ2) is 4.21. The average Bonchev–Trinajstić information content (AvgIpc) is 2.21. The molecule has 2 aromatic rings. The van der Waals surface area contributed by atoms with Crippen molar-refractivity contribution in [3.63, 3.8) is 0 Å². The molecule has 0 fully saturated rings. The molecule has 2 N–H and O–H groups in total. The normalized spacial score (nSPS) is 10.6. The van der Waals surface area contributed by atoms with Crippen molar-refractivity contribution in [1.29, 1.82) is 0 Å². The first-order valence-electron chi connectivity index (χ1n) is 5.62. The molecule has 0 aliphatic rings. The number of anilines is 1. The summed E-state index contributed by atoms with van der Waals surface area (Å²) < 4.78 is 13.5. The molecule has 1 nitrogen and oxygen atoms in total. The molecule has 0 heterocycles. The molecule has 0 unspecified atom stereocenters. The number of hydrogen-bond donors (Lipinski definition) is 1. The molecule has 17 heavy (non-hydrogen) atoms. The number of nitrogens with two attached hydrogens (primary N) is 1. The molecule has 0 amide bonds. The van der Waals surface area contributed by atoms with E-state index in [0.29, 0.717) is 0 Å². The monoisotopic (exact) mass is 229 g/mol.